The normalized spacial score (nSPS) is 10.7. The zero-order chi connectivity index (χ0) is 12.5. The minimum Gasteiger partial charge on any atom is -0.368 e. The molecule has 0 aliphatic rings. The van der Waals surface area contributed by atoms with Crippen LogP contribution < -0.4 is 5.73 Å². The van der Waals surface area contributed by atoms with Crippen molar-refractivity contribution in [2.75, 3.05) is 5.73 Å². The van der Waals surface area contributed by atoms with Gasteiger partial charge in [-0.15, -0.1) is 0 Å². The van der Waals surface area contributed by atoms with Gasteiger partial charge in [-0.2, -0.15) is 0 Å². The summed E-state index contributed by atoms with van der Waals surface area (Å²) in [5, 5.41) is 1.11. The van der Waals surface area contributed by atoms with Crippen LogP contribution in [-0.2, 0) is 0 Å². The lowest BCUT2D eigenvalue weighted by molar-refractivity contribution is 1.18. The van der Waals surface area contributed by atoms with E-state index in [9.17, 15) is 0 Å². The number of nitrogens with zero attached hydrogens (tertiary/aromatic N) is 2. The van der Waals surface area contributed by atoms with Crippen LogP contribution in [0.2, 0.25) is 0 Å². The molecule has 0 aliphatic carbocycles. The lowest BCUT2D eigenvalue weighted by atomic mass is 10.1. The number of nitrogens with two attached hydrogens (primary N) is 1. The summed E-state index contributed by atoms with van der Waals surface area (Å²) in [5.41, 5.74) is 9.41. The molecule has 0 atom stereocenters. The molecule has 4 heteroatoms. The third-order valence-corrected chi connectivity index (χ3v) is 2.90. The van der Waals surface area contributed by atoms with E-state index in [4.69, 9.17) is 5.73 Å². The third-order valence-electron chi connectivity index (χ3n) is 2.90. The van der Waals surface area contributed by atoms with Crippen molar-refractivity contribution in [1.82, 2.24) is 15.0 Å². The summed E-state index contributed by atoms with van der Waals surface area (Å²) in [6.07, 6.45) is 5.35. The Morgan fingerprint density at radius 2 is 2.11 bits per heavy atom. The van der Waals surface area contributed by atoms with Gasteiger partial charge in [0.25, 0.3) is 0 Å². The van der Waals surface area contributed by atoms with Crippen LogP contribution in [0.4, 0.5) is 5.95 Å². The van der Waals surface area contributed by atoms with Crippen LogP contribution in [0.5, 0.6) is 0 Å². The van der Waals surface area contributed by atoms with E-state index in [1.165, 1.54) is 0 Å². The van der Waals surface area contributed by atoms with Crippen molar-refractivity contribution in [2.24, 2.45) is 0 Å². The maximum absolute atomic E-state index is 5.67. The zero-order valence-corrected chi connectivity index (χ0v) is 9.72. The molecular formula is C14H12N4. The topological polar surface area (TPSA) is 67.6 Å². The first kappa shape index (κ1) is 10.5. The van der Waals surface area contributed by atoms with Crippen LogP contribution >= 0.6 is 0 Å². The summed E-state index contributed by atoms with van der Waals surface area (Å²) >= 11 is 0. The second-order valence-electron chi connectivity index (χ2n) is 3.98. The molecule has 3 N–H and O–H groups in total. The molecular weight excluding hydrogens is 224 g/mol. The number of anilines is 1. The molecule has 4 nitrogen and oxygen atoms in total. The van der Waals surface area contributed by atoms with Gasteiger partial charge in [-0.25, -0.2) is 9.97 Å². The average molecular weight is 236 g/mol. The number of hydrogen-bond donors (Lipinski definition) is 2. The molecule has 18 heavy (non-hydrogen) atoms. The molecule has 1 aromatic carbocycles. The predicted molar refractivity (Wildman–Crippen MR) is 73.8 cm³/mol. The third kappa shape index (κ3) is 1.55. The van der Waals surface area contributed by atoms with Gasteiger partial charge >= 0.3 is 0 Å². The first-order chi connectivity index (χ1) is 8.79. The first-order valence-corrected chi connectivity index (χ1v) is 5.61. The maximum Gasteiger partial charge on any atom is 0.220 e. The lowest BCUT2D eigenvalue weighted by Gasteiger charge is -2.04. The Morgan fingerprint density at radius 1 is 1.28 bits per heavy atom. The number of nitrogen functional groups attached to an aromatic ring is 1. The summed E-state index contributed by atoms with van der Waals surface area (Å²) in [6.45, 7) is 3.78. The highest BCUT2D eigenvalue weighted by atomic mass is 15.0. The van der Waals surface area contributed by atoms with Crippen molar-refractivity contribution < 1.29 is 0 Å². The van der Waals surface area contributed by atoms with Gasteiger partial charge in [0.15, 0.2) is 0 Å². The SMILES string of the molecule is C=Cc1cnc(N)nc1-c1c[nH]c2ccccc12. The monoisotopic (exact) mass is 236 g/mol. The van der Waals surface area contributed by atoms with Crippen molar-refractivity contribution in [1.29, 1.82) is 0 Å². The summed E-state index contributed by atoms with van der Waals surface area (Å²) in [6, 6.07) is 8.06. The molecule has 0 amide bonds. The molecule has 0 unspecified atom stereocenters. The minimum absolute atomic E-state index is 0.265. The van der Waals surface area contributed by atoms with E-state index in [1.807, 2.05) is 30.5 Å². The van der Waals surface area contributed by atoms with Crippen LogP contribution in [-0.4, -0.2) is 15.0 Å². The van der Waals surface area contributed by atoms with Crippen LogP contribution in [0, 0.1) is 0 Å². The fraction of sp³-hybridized carbons (Fsp3) is 0. The Balaban J connectivity index is 2.32. The van der Waals surface area contributed by atoms with Crippen molar-refractivity contribution in [3.8, 4) is 11.3 Å². The van der Waals surface area contributed by atoms with Gasteiger partial charge < -0.3 is 10.7 Å². The van der Waals surface area contributed by atoms with Crippen molar-refractivity contribution in [3.05, 3.63) is 48.8 Å². The van der Waals surface area contributed by atoms with E-state index in [0.29, 0.717) is 0 Å². The first-order valence-electron chi connectivity index (χ1n) is 5.61. The zero-order valence-electron chi connectivity index (χ0n) is 9.72. The van der Waals surface area contributed by atoms with Crippen molar-refractivity contribution in [3.63, 3.8) is 0 Å². The van der Waals surface area contributed by atoms with Gasteiger partial charge in [0.2, 0.25) is 5.95 Å². The Morgan fingerprint density at radius 3 is 2.94 bits per heavy atom. The second-order valence-corrected chi connectivity index (χ2v) is 3.98. The fourth-order valence-corrected chi connectivity index (χ4v) is 2.04. The summed E-state index contributed by atoms with van der Waals surface area (Å²) in [5.74, 6) is 0.265. The van der Waals surface area contributed by atoms with E-state index >= 15 is 0 Å². The number of rotatable bonds is 2. The van der Waals surface area contributed by atoms with Crippen LogP contribution in [0.1, 0.15) is 5.56 Å². The Hall–Kier alpha value is -2.62. The standard InChI is InChI=1S/C14H12N4/c1-2-9-7-17-14(15)18-13(9)11-8-16-12-6-4-3-5-10(11)12/h2-8,16H,1H2,(H2,15,17,18). The molecule has 0 aliphatic heterocycles. The predicted octanol–water partition coefficient (Wildman–Crippen LogP) is 2.85. The van der Waals surface area contributed by atoms with Crippen molar-refractivity contribution >= 4 is 22.9 Å². The number of hydrogen-bond acceptors (Lipinski definition) is 3. The largest absolute Gasteiger partial charge is 0.368 e. The molecule has 3 aromatic rings. The molecule has 2 aromatic heterocycles. The molecule has 0 bridgehead atoms. The molecule has 2 heterocycles. The molecule has 0 spiro atoms. The second kappa shape index (κ2) is 4.00. The van der Waals surface area contributed by atoms with Gasteiger partial charge in [-0.1, -0.05) is 30.9 Å². The van der Waals surface area contributed by atoms with Gasteiger partial charge in [0, 0.05) is 34.4 Å². The number of para-hydroxylation sites is 1. The maximum atomic E-state index is 5.67. The van der Waals surface area contributed by atoms with E-state index in [2.05, 4.69) is 21.5 Å². The minimum atomic E-state index is 0.265. The summed E-state index contributed by atoms with van der Waals surface area (Å²) < 4.78 is 0. The quantitative estimate of drug-likeness (QED) is 0.719. The highest BCUT2D eigenvalue weighted by Crippen LogP contribution is 2.29. The van der Waals surface area contributed by atoms with Crippen LogP contribution in [0.3, 0.4) is 0 Å². The van der Waals surface area contributed by atoms with Gasteiger partial charge in [-0.05, 0) is 6.07 Å². The average Bonchev–Trinajstić information content (AvgIpc) is 2.82. The van der Waals surface area contributed by atoms with Crippen molar-refractivity contribution in [2.45, 2.75) is 0 Å². The van der Waals surface area contributed by atoms with Crippen LogP contribution in [0.25, 0.3) is 28.2 Å². The number of benzene rings is 1. The summed E-state index contributed by atoms with van der Waals surface area (Å²) in [7, 11) is 0. The number of nitrogens with one attached hydrogen (secondary N) is 1. The molecule has 0 radical (unpaired) electrons. The molecule has 3 rings (SSSR count). The molecule has 88 valence electrons. The molecule has 0 saturated carbocycles. The van der Waals surface area contributed by atoms with Gasteiger partial charge in [0.05, 0.1) is 5.69 Å². The number of aromatic nitrogens is 3. The Bertz CT molecular complexity index is 727. The lowest BCUT2D eigenvalue weighted by Crippen LogP contribution is -1.97. The Kier molecular flexibility index (Phi) is 2.34. The smallest absolute Gasteiger partial charge is 0.220 e. The highest BCUT2D eigenvalue weighted by Gasteiger charge is 2.11. The summed E-state index contributed by atoms with van der Waals surface area (Å²) in [4.78, 5) is 11.5. The highest BCUT2D eigenvalue weighted by molar-refractivity contribution is 5.96. The number of aromatic amines is 1. The van der Waals surface area contributed by atoms with E-state index in [-0.39, 0.29) is 5.95 Å². The van der Waals surface area contributed by atoms with Gasteiger partial charge in [-0.3, -0.25) is 0 Å². The Labute approximate surface area is 104 Å². The molecule has 0 fully saturated rings. The van der Waals surface area contributed by atoms with E-state index < -0.39 is 0 Å². The number of fused-ring (bicyclic) bond motifs is 1. The number of H-pyrrole nitrogens is 1. The van der Waals surface area contributed by atoms with Gasteiger partial charge in [0.1, 0.15) is 0 Å². The molecule has 0 saturated heterocycles. The fourth-order valence-electron chi connectivity index (χ4n) is 2.04. The van der Waals surface area contributed by atoms with E-state index in [0.717, 1.165) is 27.7 Å². The van der Waals surface area contributed by atoms with E-state index in [1.54, 1.807) is 12.3 Å². The van der Waals surface area contributed by atoms with Crippen LogP contribution in [0.15, 0.2) is 43.2 Å².